The molecule has 0 fully saturated rings. The minimum atomic E-state index is -0.169. The van der Waals surface area contributed by atoms with Crippen LogP contribution in [0.25, 0.3) is 10.8 Å². The molecule has 2 atom stereocenters. The lowest BCUT2D eigenvalue weighted by Crippen LogP contribution is -2.33. The van der Waals surface area contributed by atoms with E-state index in [1.165, 1.54) is 26.8 Å². The fraction of sp³-hybridized carbons (Fsp3) is 0.125. The zero-order valence-corrected chi connectivity index (χ0v) is 16.0. The van der Waals surface area contributed by atoms with Crippen molar-refractivity contribution < 1.29 is 4.74 Å². The van der Waals surface area contributed by atoms with Crippen molar-refractivity contribution in [3.05, 3.63) is 100 Å². The maximum absolute atomic E-state index is 6.37. The summed E-state index contributed by atoms with van der Waals surface area (Å²) in [6.07, 6.45) is 0.721. The molecule has 0 bridgehead atoms. The van der Waals surface area contributed by atoms with Crippen LogP contribution < -0.4 is 4.74 Å². The Kier molecular flexibility index (Phi) is 3.53. The highest BCUT2D eigenvalue weighted by Crippen LogP contribution is 2.48. The molecule has 2 aliphatic rings. The van der Waals surface area contributed by atoms with Gasteiger partial charge in [0.2, 0.25) is 6.23 Å². The van der Waals surface area contributed by atoms with E-state index in [0.29, 0.717) is 0 Å². The molecule has 1 aromatic heterocycles. The molecule has 0 amide bonds. The Bertz CT molecular complexity index is 1200. The normalized spacial score (nSPS) is 20.4. The van der Waals surface area contributed by atoms with Crippen molar-refractivity contribution in [3.8, 4) is 5.75 Å². The summed E-state index contributed by atoms with van der Waals surface area (Å²) in [6, 6.07) is 27.9. The molecule has 0 N–H and O–H groups in total. The van der Waals surface area contributed by atoms with Crippen molar-refractivity contribution in [2.75, 3.05) is 0 Å². The lowest BCUT2D eigenvalue weighted by Gasteiger charge is -2.37. The summed E-state index contributed by atoms with van der Waals surface area (Å²) in [6.45, 7) is 0. The Morgan fingerprint density at radius 1 is 0.893 bits per heavy atom. The third-order valence-electron chi connectivity index (χ3n) is 5.57. The largest absolute Gasteiger partial charge is 0.464 e. The van der Waals surface area contributed by atoms with Crippen LogP contribution in [-0.4, -0.2) is 10.7 Å². The third kappa shape index (κ3) is 2.45. The van der Waals surface area contributed by atoms with Gasteiger partial charge in [0.15, 0.2) is 0 Å². The molecule has 136 valence electrons. The number of thiophene rings is 1. The van der Waals surface area contributed by atoms with Crippen LogP contribution in [-0.2, 0) is 0 Å². The lowest BCUT2D eigenvalue weighted by molar-refractivity contribution is -0.0165. The third-order valence-corrected chi connectivity index (χ3v) is 6.47. The molecule has 2 aliphatic heterocycles. The first-order valence-electron chi connectivity index (χ1n) is 9.51. The van der Waals surface area contributed by atoms with Gasteiger partial charge in [-0.2, -0.15) is 5.10 Å². The van der Waals surface area contributed by atoms with E-state index < -0.39 is 0 Å². The van der Waals surface area contributed by atoms with Crippen molar-refractivity contribution in [1.29, 1.82) is 0 Å². The van der Waals surface area contributed by atoms with Crippen LogP contribution in [0.2, 0.25) is 0 Å². The molecule has 0 aliphatic carbocycles. The Balaban J connectivity index is 1.45. The molecule has 0 spiro atoms. The minimum Gasteiger partial charge on any atom is -0.464 e. The van der Waals surface area contributed by atoms with E-state index in [-0.39, 0.29) is 12.3 Å². The molecule has 0 radical (unpaired) electrons. The van der Waals surface area contributed by atoms with Gasteiger partial charge in [0.1, 0.15) is 5.75 Å². The number of hydrazone groups is 1. The van der Waals surface area contributed by atoms with E-state index in [1.807, 2.05) is 6.07 Å². The van der Waals surface area contributed by atoms with Crippen LogP contribution in [0.5, 0.6) is 5.75 Å². The lowest BCUT2D eigenvalue weighted by atomic mass is 9.95. The highest BCUT2D eigenvalue weighted by Gasteiger charge is 2.41. The van der Waals surface area contributed by atoms with Gasteiger partial charge in [-0.3, -0.25) is 0 Å². The molecule has 0 saturated carbocycles. The quantitative estimate of drug-likeness (QED) is 0.416. The first-order valence-corrected chi connectivity index (χ1v) is 10.4. The number of rotatable bonds is 2. The SMILES string of the molecule is c1csc(C2Oc3ccccc3C3CC(c4ccc5ccccc5c4)=NN32)c1. The zero-order chi connectivity index (χ0) is 18.5. The van der Waals surface area contributed by atoms with Crippen molar-refractivity contribution >= 4 is 27.8 Å². The number of para-hydroxylation sites is 1. The summed E-state index contributed by atoms with van der Waals surface area (Å²) in [5.41, 5.74) is 3.53. The number of hydrogen-bond acceptors (Lipinski definition) is 4. The number of nitrogens with zero attached hydrogens (tertiary/aromatic N) is 2. The molecular formula is C24H18N2OS. The fourth-order valence-corrected chi connectivity index (χ4v) is 4.94. The average molecular weight is 382 g/mol. The van der Waals surface area contributed by atoms with Gasteiger partial charge in [-0.25, -0.2) is 5.01 Å². The smallest absolute Gasteiger partial charge is 0.222 e. The molecule has 3 nitrogen and oxygen atoms in total. The molecule has 28 heavy (non-hydrogen) atoms. The molecule has 4 heteroatoms. The molecule has 3 heterocycles. The summed E-state index contributed by atoms with van der Waals surface area (Å²) in [5.74, 6) is 0.970. The van der Waals surface area contributed by atoms with Gasteiger partial charge in [-0.15, -0.1) is 11.3 Å². The van der Waals surface area contributed by atoms with Crippen molar-refractivity contribution in [2.45, 2.75) is 18.7 Å². The number of ether oxygens (including phenoxy) is 1. The first-order chi connectivity index (χ1) is 13.9. The van der Waals surface area contributed by atoms with Crippen molar-refractivity contribution in [2.24, 2.45) is 5.10 Å². The van der Waals surface area contributed by atoms with Crippen LogP contribution in [0.4, 0.5) is 0 Å². The number of fused-ring (bicyclic) bond motifs is 4. The van der Waals surface area contributed by atoms with Crippen LogP contribution in [0.3, 0.4) is 0 Å². The van der Waals surface area contributed by atoms with E-state index in [9.17, 15) is 0 Å². The van der Waals surface area contributed by atoms with Gasteiger partial charge >= 0.3 is 0 Å². The minimum absolute atomic E-state index is 0.169. The highest BCUT2D eigenvalue weighted by molar-refractivity contribution is 7.10. The maximum Gasteiger partial charge on any atom is 0.222 e. The average Bonchev–Trinajstić information content (AvgIpc) is 3.43. The second-order valence-electron chi connectivity index (χ2n) is 7.23. The van der Waals surface area contributed by atoms with E-state index >= 15 is 0 Å². The Morgan fingerprint density at radius 2 is 1.75 bits per heavy atom. The van der Waals surface area contributed by atoms with E-state index in [0.717, 1.165) is 17.9 Å². The van der Waals surface area contributed by atoms with Gasteiger partial charge in [-0.05, 0) is 39.9 Å². The Hall–Kier alpha value is -3.11. The van der Waals surface area contributed by atoms with Gasteiger partial charge in [-0.1, -0.05) is 60.7 Å². The van der Waals surface area contributed by atoms with E-state index in [2.05, 4.69) is 83.2 Å². The van der Waals surface area contributed by atoms with Gasteiger partial charge in [0, 0.05) is 12.0 Å². The van der Waals surface area contributed by atoms with Crippen molar-refractivity contribution in [1.82, 2.24) is 5.01 Å². The molecule has 6 rings (SSSR count). The Labute approximate surface area is 167 Å². The van der Waals surface area contributed by atoms with E-state index in [1.54, 1.807) is 11.3 Å². The first kappa shape index (κ1) is 15.9. The molecular weight excluding hydrogens is 364 g/mol. The summed E-state index contributed by atoms with van der Waals surface area (Å²) < 4.78 is 6.37. The molecule has 2 unspecified atom stereocenters. The summed E-state index contributed by atoms with van der Waals surface area (Å²) in [4.78, 5) is 1.18. The summed E-state index contributed by atoms with van der Waals surface area (Å²) in [5, 5.41) is 11.8. The highest BCUT2D eigenvalue weighted by atomic mass is 32.1. The second-order valence-corrected chi connectivity index (χ2v) is 8.21. The summed E-state index contributed by atoms with van der Waals surface area (Å²) in [7, 11) is 0. The zero-order valence-electron chi connectivity index (χ0n) is 15.2. The number of benzene rings is 3. The van der Waals surface area contributed by atoms with E-state index in [4.69, 9.17) is 9.84 Å². The standard InChI is InChI=1S/C24H18N2OS/c1-2-7-17-14-18(12-11-16(17)6-1)20-15-21-19-8-3-4-9-22(19)27-24(26(21)25-20)23-10-5-13-28-23/h1-14,21,24H,15H2. The fourth-order valence-electron chi connectivity index (χ4n) is 4.20. The summed E-state index contributed by atoms with van der Waals surface area (Å²) >= 11 is 1.72. The van der Waals surface area contributed by atoms with Gasteiger partial charge < -0.3 is 4.74 Å². The van der Waals surface area contributed by atoms with Crippen LogP contribution >= 0.6 is 11.3 Å². The predicted molar refractivity (Wildman–Crippen MR) is 114 cm³/mol. The predicted octanol–water partition coefficient (Wildman–Crippen LogP) is 6.14. The van der Waals surface area contributed by atoms with Gasteiger partial charge in [0.05, 0.1) is 16.6 Å². The second kappa shape index (κ2) is 6.21. The number of hydrogen-bond donors (Lipinski definition) is 0. The molecule has 0 saturated heterocycles. The molecule has 4 aromatic rings. The topological polar surface area (TPSA) is 24.8 Å². The maximum atomic E-state index is 6.37. The monoisotopic (exact) mass is 382 g/mol. The Morgan fingerprint density at radius 3 is 2.64 bits per heavy atom. The van der Waals surface area contributed by atoms with Crippen LogP contribution in [0.15, 0.2) is 89.3 Å². The van der Waals surface area contributed by atoms with Crippen molar-refractivity contribution in [3.63, 3.8) is 0 Å². The molecule has 3 aromatic carbocycles. The van der Waals surface area contributed by atoms with Gasteiger partial charge in [0.25, 0.3) is 0 Å². The van der Waals surface area contributed by atoms with Crippen LogP contribution in [0, 0.1) is 0 Å². The van der Waals surface area contributed by atoms with Crippen LogP contribution in [0.1, 0.15) is 34.7 Å².